The Kier molecular flexibility index (Phi) is 11.6. The van der Waals surface area contributed by atoms with Crippen LogP contribution >= 0.6 is 0 Å². The van der Waals surface area contributed by atoms with Crippen molar-refractivity contribution in [1.82, 2.24) is 21.3 Å². The lowest BCUT2D eigenvalue weighted by atomic mass is 9.91. The first-order valence-electron chi connectivity index (χ1n) is 12.2. The summed E-state index contributed by atoms with van der Waals surface area (Å²) in [5.74, 6) is 0. The number of amides is 4. The Bertz CT molecular complexity index is 465. The summed E-state index contributed by atoms with van der Waals surface area (Å²) in [5.41, 5.74) is -0.361. The van der Waals surface area contributed by atoms with Crippen molar-refractivity contribution in [1.29, 1.82) is 0 Å². The van der Waals surface area contributed by atoms with E-state index in [2.05, 4.69) is 62.8 Å². The normalized spacial score (nSPS) is 19.8. The van der Waals surface area contributed by atoms with Crippen molar-refractivity contribution in [2.24, 2.45) is 0 Å². The molecular weight excluding hydrogens is 376 g/mol. The lowest BCUT2D eigenvalue weighted by molar-refractivity contribution is 0.208. The van der Waals surface area contributed by atoms with Crippen LogP contribution in [0.15, 0.2) is 0 Å². The van der Waals surface area contributed by atoms with E-state index in [0.717, 1.165) is 51.4 Å². The minimum absolute atomic E-state index is 0.0699. The second kappa shape index (κ2) is 13.1. The molecule has 1 saturated carbocycles. The zero-order chi connectivity index (χ0) is 22.6. The fraction of sp³-hybridized carbons (Fsp3) is 0.917. The van der Waals surface area contributed by atoms with E-state index in [-0.39, 0.29) is 35.2 Å². The van der Waals surface area contributed by atoms with Crippen LogP contribution in [0.1, 0.15) is 119 Å². The summed E-state index contributed by atoms with van der Waals surface area (Å²) in [6.45, 7) is 12.7. The molecule has 4 amide bonds. The number of rotatable bonds is 12. The number of carbonyl (C=O) groups excluding carboxylic acids is 2. The van der Waals surface area contributed by atoms with Gasteiger partial charge in [-0.15, -0.1) is 0 Å². The average molecular weight is 425 g/mol. The van der Waals surface area contributed by atoms with Crippen LogP contribution in [0, 0.1) is 0 Å². The first kappa shape index (κ1) is 26.6. The first-order valence-corrected chi connectivity index (χ1v) is 12.2. The van der Waals surface area contributed by atoms with Gasteiger partial charge in [-0.05, 0) is 66.2 Å². The molecule has 1 fully saturated rings. The van der Waals surface area contributed by atoms with Gasteiger partial charge in [0.15, 0.2) is 0 Å². The van der Waals surface area contributed by atoms with Crippen molar-refractivity contribution in [2.75, 3.05) is 0 Å². The van der Waals surface area contributed by atoms with Crippen LogP contribution in [0.25, 0.3) is 0 Å². The third-order valence-electron chi connectivity index (χ3n) is 6.11. The first-order chi connectivity index (χ1) is 14.1. The summed E-state index contributed by atoms with van der Waals surface area (Å²) in [5, 5.41) is 12.5. The Morgan fingerprint density at radius 3 is 1.30 bits per heavy atom. The smallest absolute Gasteiger partial charge is 0.315 e. The van der Waals surface area contributed by atoms with Gasteiger partial charge in [-0.1, -0.05) is 52.4 Å². The summed E-state index contributed by atoms with van der Waals surface area (Å²) in [6, 6.07) is 0.227. The molecule has 0 aromatic heterocycles. The fourth-order valence-corrected chi connectivity index (χ4v) is 4.20. The monoisotopic (exact) mass is 424 g/mol. The molecule has 4 N–H and O–H groups in total. The Morgan fingerprint density at radius 2 is 1.00 bits per heavy atom. The number of nitrogens with one attached hydrogen (secondary N) is 4. The van der Waals surface area contributed by atoms with Gasteiger partial charge in [0.05, 0.1) is 0 Å². The molecule has 0 aromatic rings. The number of urea groups is 2. The maximum Gasteiger partial charge on any atom is 0.315 e. The molecule has 1 rings (SSSR count). The molecular formula is C24H48N4O2. The average Bonchev–Trinajstić information content (AvgIpc) is 2.62. The highest BCUT2D eigenvalue weighted by Gasteiger charge is 2.27. The molecule has 1 aliphatic carbocycles. The van der Waals surface area contributed by atoms with E-state index in [1.807, 2.05) is 0 Å². The maximum atomic E-state index is 12.4. The lowest BCUT2D eigenvalue weighted by Gasteiger charge is -2.33. The zero-order valence-electron chi connectivity index (χ0n) is 20.5. The van der Waals surface area contributed by atoms with Gasteiger partial charge < -0.3 is 21.3 Å². The zero-order valence-corrected chi connectivity index (χ0v) is 20.5. The molecule has 0 aliphatic heterocycles. The van der Waals surface area contributed by atoms with Crippen molar-refractivity contribution in [3.05, 3.63) is 0 Å². The van der Waals surface area contributed by atoms with E-state index in [4.69, 9.17) is 0 Å². The van der Waals surface area contributed by atoms with Gasteiger partial charge in [0.1, 0.15) is 0 Å². The Morgan fingerprint density at radius 1 is 0.667 bits per heavy atom. The Labute approximate surface area is 185 Å². The topological polar surface area (TPSA) is 82.3 Å². The maximum absolute atomic E-state index is 12.4. The standard InChI is InChI=1S/C24H48N4O2/c1-7-9-11-17-23(3,4)27-21(29)25-19-13-15-20(16-14-19)26-22(30)28-24(5,6)18-12-10-8-2/h19-20H,7-18H2,1-6H3,(H2,25,27,29)(H2,26,28,30)/t19-,20-. The lowest BCUT2D eigenvalue weighted by Crippen LogP contribution is -2.54. The van der Waals surface area contributed by atoms with Crippen LogP contribution in [0.2, 0.25) is 0 Å². The third-order valence-corrected chi connectivity index (χ3v) is 6.11. The van der Waals surface area contributed by atoms with Crippen LogP contribution in [0.4, 0.5) is 9.59 Å². The van der Waals surface area contributed by atoms with E-state index in [1.165, 1.54) is 25.7 Å². The van der Waals surface area contributed by atoms with Crippen molar-refractivity contribution >= 4 is 12.1 Å². The molecule has 0 spiro atoms. The molecule has 0 radical (unpaired) electrons. The van der Waals surface area contributed by atoms with Crippen molar-refractivity contribution in [2.45, 2.75) is 142 Å². The second-order valence-electron chi connectivity index (χ2n) is 10.4. The SMILES string of the molecule is CCCCCC(C)(C)NC(=O)N[C@H]1CC[C@H](NC(=O)NC(C)(C)CCCCC)CC1. The van der Waals surface area contributed by atoms with Crippen LogP contribution in [0.3, 0.4) is 0 Å². The van der Waals surface area contributed by atoms with Crippen LogP contribution in [-0.4, -0.2) is 35.2 Å². The third kappa shape index (κ3) is 11.7. The van der Waals surface area contributed by atoms with Gasteiger partial charge in [-0.25, -0.2) is 9.59 Å². The predicted octanol–water partition coefficient (Wildman–Crippen LogP) is 5.61. The summed E-state index contributed by atoms with van der Waals surface area (Å²) >= 11 is 0. The molecule has 0 saturated heterocycles. The van der Waals surface area contributed by atoms with Crippen molar-refractivity contribution < 1.29 is 9.59 Å². The molecule has 0 atom stereocenters. The van der Waals surface area contributed by atoms with E-state index >= 15 is 0 Å². The van der Waals surface area contributed by atoms with Crippen molar-refractivity contribution in [3.8, 4) is 0 Å². The molecule has 0 heterocycles. The number of hydrogen-bond acceptors (Lipinski definition) is 2. The molecule has 6 nitrogen and oxygen atoms in total. The second-order valence-corrected chi connectivity index (χ2v) is 10.4. The summed E-state index contributed by atoms with van der Waals surface area (Å²) in [4.78, 5) is 24.8. The van der Waals surface area contributed by atoms with Crippen molar-refractivity contribution in [3.63, 3.8) is 0 Å². The molecule has 176 valence electrons. The highest BCUT2D eigenvalue weighted by molar-refractivity contribution is 5.75. The summed E-state index contributed by atoms with van der Waals surface area (Å²) in [7, 11) is 0. The van der Waals surface area contributed by atoms with Gasteiger partial charge >= 0.3 is 12.1 Å². The molecule has 1 aliphatic rings. The quantitative estimate of drug-likeness (QED) is 0.307. The Balaban J connectivity index is 2.29. The van der Waals surface area contributed by atoms with Crippen LogP contribution < -0.4 is 21.3 Å². The highest BCUT2D eigenvalue weighted by atomic mass is 16.2. The van der Waals surface area contributed by atoms with E-state index in [9.17, 15) is 9.59 Å². The van der Waals surface area contributed by atoms with Gasteiger partial charge in [0, 0.05) is 23.2 Å². The van der Waals surface area contributed by atoms with Gasteiger partial charge in [-0.3, -0.25) is 0 Å². The highest BCUT2D eigenvalue weighted by Crippen LogP contribution is 2.20. The van der Waals surface area contributed by atoms with E-state index in [1.54, 1.807) is 0 Å². The van der Waals surface area contributed by atoms with Crippen LogP contribution in [-0.2, 0) is 0 Å². The van der Waals surface area contributed by atoms with Gasteiger partial charge in [0.2, 0.25) is 0 Å². The number of carbonyl (C=O) groups is 2. The van der Waals surface area contributed by atoms with Crippen LogP contribution in [0.5, 0.6) is 0 Å². The fourth-order valence-electron chi connectivity index (χ4n) is 4.20. The summed E-state index contributed by atoms with van der Waals surface area (Å²) in [6.07, 6.45) is 12.6. The molecule has 0 unspecified atom stereocenters. The minimum atomic E-state index is -0.181. The minimum Gasteiger partial charge on any atom is -0.335 e. The van der Waals surface area contributed by atoms with Gasteiger partial charge in [-0.2, -0.15) is 0 Å². The Hall–Kier alpha value is -1.46. The van der Waals surface area contributed by atoms with E-state index < -0.39 is 0 Å². The number of hydrogen-bond donors (Lipinski definition) is 4. The van der Waals surface area contributed by atoms with Gasteiger partial charge in [0.25, 0.3) is 0 Å². The van der Waals surface area contributed by atoms with E-state index in [0.29, 0.717) is 0 Å². The molecule has 30 heavy (non-hydrogen) atoms. The largest absolute Gasteiger partial charge is 0.335 e. The predicted molar refractivity (Wildman–Crippen MR) is 126 cm³/mol. The summed E-state index contributed by atoms with van der Waals surface area (Å²) < 4.78 is 0. The number of unbranched alkanes of at least 4 members (excludes halogenated alkanes) is 4. The molecule has 0 aromatic carbocycles. The molecule has 0 bridgehead atoms. The molecule has 6 heteroatoms.